The Hall–Kier alpha value is -3.28. The number of fused-ring (bicyclic) bond motifs is 2. The molecule has 31 heavy (non-hydrogen) atoms. The Labute approximate surface area is 180 Å². The van der Waals surface area contributed by atoms with E-state index in [-0.39, 0.29) is 11.8 Å². The summed E-state index contributed by atoms with van der Waals surface area (Å²) in [6.07, 6.45) is 4.96. The van der Waals surface area contributed by atoms with E-state index in [9.17, 15) is 14.4 Å². The predicted octanol–water partition coefficient (Wildman–Crippen LogP) is 4.47. The maximum Gasteiger partial charge on any atom is 0.366 e. The average molecular weight is 418 g/mol. The zero-order valence-electron chi connectivity index (χ0n) is 17.9. The van der Waals surface area contributed by atoms with Gasteiger partial charge in [-0.3, -0.25) is 9.59 Å². The zero-order valence-corrected chi connectivity index (χ0v) is 17.9. The molecule has 0 fully saturated rings. The highest BCUT2D eigenvalue weighted by atomic mass is 16.5. The summed E-state index contributed by atoms with van der Waals surface area (Å²) in [6, 6.07) is 13.1. The molecule has 160 valence electrons. The van der Waals surface area contributed by atoms with Crippen LogP contribution in [0.4, 0.5) is 5.69 Å². The Morgan fingerprint density at radius 1 is 1.16 bits per heavy atom. The molecule has 3 aromatic rings. The van der Waals surface area contributed by atoms with Crippen molar-refractivity contribution in [3.05, 3.63) is 69.7 Å². The molecular formula is C25H26N2O4. The largest absolute Gasteiger partial charge is 0.366 e. The van der Waals surface area contributed by atoms with E-state index < -0.39 is 17.3 Å². The van der Waals surface area contributed by atoms with Crippen molar-refractivity contribution in [3.8, 4) is 0 Å². The van der Waals surface area contributed by atoms with Crippen molar-refractivity contribution in [3.63, 3.8) is 0 Å². The van der Waals surface area contributed by atoms with Gasteiger partial charge < -0.3 is 9.84 Å². The lowest BCUT2D eigenvalue weighted by Crippen LogP contribution is -2.37. The second-order valence-electron chi connectivity index (χ2n) is 8.41. The van der Waals surface area contributed by atoms with Gasteiger partial charge in [-0.25, -0.2) is 4.79 Å². The molecular weight excluding hydrogens is 392 g/mol. The van der Waals surface area contributed by atoms with Crippen molar-refractivity contribution < 1.29 is 14.1 Å². The van der Waals surface area contributed by atoms with Crippen LogP contribution in [0.5, 0.6) is 0 Å². The summed E-state index contributed by atoms with van der Waals surface area (Å²) in [5.74, 6) is -1.06. The third-order valence-corrected chi connectivity index (χ3v) is 6.32. The fourth-order valence-corrected chi connectivity index (χ4v) is 4.91. The highest BCUT2D eigenvalue weighted by Crippen LogP contribution is 2.43. The average Bonchev–Trinajstić information content (AvgIpc) is 2.77. The molecule has 4 rings (SSSR count). The zero-order chi connectivity index (χ0) is 22.0. The number of aromatic nitrogens is 1. The molecule has 0 radical (unpaired) electrons. The van der Waals surface area contributed by atoms with E-state index in [1.54, 1.807) is 25.1 Å². The summed E-state index contributed by atoms with van der Waals surface area (Å²) >= 11 is 0. The van der Waals surface area contributed by atoms with Gasteiger partial charge >= 0.3 is 5.63 Å². The highest BCUT2D eigenvalue weighted by Gasteiger charge is 2.38. The van der Waals surface area contributed by atoms with E-state index in [1.807, 2.05) is 12.1 Å². The number of amides is 1. The Morgan fingerprint density at radius 2 is 1.97 bits per heavy atom. The molecule has 0 saturated heterocycles. The van der Waals surface area contributed by atoms with Crippen molar-refractivity contribution >= 4 is 28.2 Å². The van der Waals surface area contributed by atoms with Gasteiger partial charge in [-0.15, -0.1) is 0 Å². The first-order chi connectivity index (χ1) is 14.9. The van der Waals surface area contributed by atoms with Gasteiger partial charge in [0.2, 0.25) is 5.78 Å². The van der Waals surface area contributed by atoms with Crippen LogP contribution in [0.1, 0.15) is 55.8 Å². The maximum atomic E-state index is 13.0. The number of carbonyl (C=O) groups excluding carboxylic acids is 2. The lowest BCUT2D eigenvalue weighted by Gasteiger charge is -2.39. The SMILES string of the molecule is CCCC1(CC(=O)C(=O)Nc2ccc3c(=O)onc(C)c3c2)CCCc2ccccc21. The number of benzene rings is 2. The monoisotopic (exact) mass is 418 g/mol. The lowest BCUT2D eigenvalue weighted by molar-refractivity contribution is -0.135. The minimum atomic E-state index is -0.633. The molecule has 2 aromatic carbocycles. The third kappa shape index (κ3) is 4.02. The highest BCUT2D eigenvalue weighted by molar-refractivity contribution is 6.40. The van der Waals surface area contributed by atoms with E-state index in [0.29, 0.717) is 22.2 Å². The molecule has 1 atom stereocenters. The van der Waals surface area contributed by atoms with Crippen LogP contribution >= 0.6 is 0 Å². The summed E-state index contributed by atoms with van der Waals surface area (Å²) in [5.41, 5.74) is 2.66. The molecule has 0 bridgehead atoms. The molecule has 6 heteroatoms. The number of nitrogens with one attached hydrogen (secondary N) is 1. The first kappa shape index (κ1) is 21.0. The topological polar surface area (TPSA) is 89.3 Å². The molecule has 1 aliphatic carbocycles. The predicted molar refractivity (Wildman–Crippen MR) is 119 cm³/mol. The van der Waals surface area contributed by atoms with Crippen molar-refractivity contribution in [1.29, 1.82) is 0 Å². The summed E-state index contributed by atoms with van der Waals surface area (Å²) in [6.45, 7) is 3.84. The van der Waals surface area contributed by atoms with Gasteiger partial charge in [-0.2, -0.15) is 0 Å². The number of ketones is 1. The quantitative estimate of drug-likeness (QED) is 0.597. The summed E-state index contributed by atoms with van der Waals surface area (Å²) < 4.78 is 4.73. The first-order valence-corrected chi connectivity index (χ1v) is 10.8. The second kappa shape index (κ2) is 8.46. The van der Waals surface area contributed by atoms with Gasteiger partial charge in [0.05, 0.1) is 11.1 Å². The second-order valence-corrected chi connectivity index (χ2v) is 8.41. The van der Waals surface area contributed by atoms with E-state index in [1.165, 1.54) is 11.1 Å². The van der Waals surface area contributed by atoms with Crippen LogP contribution in [0.15, 0.2) is 51.8 Å². The summed E-state index contributed by atoms with van der Waals surface area (Å²) in [4.78, 5) is 37.6. The molecule has 1 aliphatic rings. The van der Waals surface area contributed by atoms with Crippen molar-refractivity contribution in [2.24, 2.45) is 0 Å². The van der Waals surface area contributed by atoms with Gasteiger partial charge in [0.15, 0.2) is 0 Å². The number of anilines is 1. The van der Waals surface area contributed by atoms with Gasteiger partial charge in [-0.1, -0.05) is 42.8 Å². The van der Waals surface area contributed by atoms with Gasteiger partial charge in [-0.05, 0) is 61.9 Å². The minimum Gasteiger partial charge on any atom is -0.319 e. The van der Waals surface area contributed by atoms with Crippen molar-refractivity contribution in [2.45, 2.75) is 57.8 Å². The molecule has 0 spiro atoms. The Bertz CT molecular complexity index is 1210. The summed E-state index contributed by atoms with van der Waals surface area (Å²) in [5, 5.41) is 7.40. The normalized spacial score (nSPS) is 17.9. The molecule has 1 aromatic heterocycles. The number of hydrogen-bond donors (Lipinski definition) is 1. The van der Waals surface area contributed by atoms with Gasteiger partial charge in [0.1, 0.15) is 0 Å². The fraction of sp³-hybridized carbons (Fsp3) is 0.360. The van der Waals surface area contributed by atoms with E-state index >= 15 is 0 Å². The molecule has 1 unspecified atom stereocenters. The van der Waals surface area contributed by atoms with Crippen LogP contribution in [0, 0.1) is 6.92 Å². The Morgan fingerprint density at radius 3 is 2.77 bits per heavy atom. The number of rotatable bonds is 6. The third-order valence-electron chi connectivity index (χ3n) is 6.32. The van der Waals surface area contributed by atoms with Gasteiger partial charge in [0, 0.05) is 22.9 Å². The molecule has 1 heterocycles. The maximum absolute atomic E-state index is 13.0. The number of carbonyl (C=O) groups is 2. The smallest absolute Gasteiger partial charge is 0.319 e. The number of Topliss-reactive ketones (excluding diaryl/α,β-unsaturated/α-hetero) is 1. The van der Waals surface area contributed by atoms with E-state index in [4.69, 9.17) is 4.52 Å². The van der Waals surface area contributed by atoms with E-state index in [0.717, 1.165) is 32.1 Å². The van der Waals surface area contributed by atoms with Crippen LogP contribution in [-0.2, 0) is 21.4 Å². The Kier molecular flexibility index (Phi) is 5.72. The van der Waals surface area contributed by atoms with Crippen LogP contribution in [-0.4, -0.2) is 16.8 Å². The summed E-state index contributed by atoms with van der Waals surface area (Å²) in [7, 11) is 0. The first-order valence-electron chi connectivity index (χ1n) is 10.8. The Balaban J connectivity index is 1.57. The van der Waals surface area contributed by atoms with Crippen molar-refractivity contribution in [1.82, 2.24) is 5.16 Å². The van der Waals surface area contributed by atoms with E-state index in [2.05, 4.69) is 29.5 Å². The van der Waals surface area contributed by atoms with Crippen LogP contribution < -0.4 is 10.9 Å². The molecule has 6 nitrogen and oxygen atoms in total. The van der Waals surface area contributed by atoms with Gasteiger partial charge in [0.25, 0.3) is 5.91 Å². The fourth-order valence-electron chi connectivity index (χ4n) is 4.91. The number of nitrogens with zero attached hydrogens (tertiary/aromatic N) is 1. The lowest BCUT2D eigenvalue weighted by atomic mass is 9.65. The molecule has 1 N–H and O–H groups in total. The molecule has 0 aliphatic heterocycles. The minimum absolute atomic E-state index is 0.196. The van der Waals surface area contributed by atoms with Crippen LogP contribution in [0.3, 0.4) is 0 Å². The number of aryl methyl sites for hydroxylation is 2. The standard InChI is InChI=1S/C25H26N2O4/c1-3-12-25(13-6-8-17-7-4-5-9-21(17)25)15-22(28)23(29)26-18-10-11-19-20(14-18)16(2)27-31-24(19)30/h4-5,7,9-11,14H,3,6,8,12-13,15H2,1-2H3,(H,26,29). The van der Waals surface area contributed by atoms with Crippen LogP contribution in [0.25, 0.3) is 10.8 Å². The molecule has 1 amide bonds. The van der Waals surface area contributed by atoms with Crippen LogP contribution in [0.2, 0.25) is 0 Å². The molecule has 0 saturated carbocycles. The number of hydrogen-bond acceptors (Lipinski definition) is 5. The van der Waals surface area contributed by atoms with Crippen molar-refractivity contribution in [2.75, 3.05) is 5.32 Å².